The first-order valence-electron chi connectivity index (χ1n) is 4.72. The summed E-state index contributed by atoms with van der Waals surface area (Å²) in [7, 11) is -0.0435. The fourth-order valence-electron chi connectivity index (χ4n) is 1.50. The smallest absolute Gasteiger partial charge is 0.320 e. The van der Waals surface area contributed by atoms with Gasteiger partial charge in [-0.1, -0.05) is 0 Å². The van der Waals surface area contributed by atoms with Crippen LogP contribution in [-0.2, 0) is 4.79 Å². The molecule has 2 aromatic rings. The number of nitrogens with zero attached hydrogens (tertiary/aromatic N) is 2. The minimum Gasteiger partial charge on any atom is -0.340 e. The topological polar surface area (TPSA) is 52.0 Å². The van der Waals surface area contributed by atoms with Crippen molar-refractivity contribution in [1.29, 1.82) is 0 Å². The molecule has 80 valence electrons. The predicted octanol–water partition coefficient (Wildman–Crippen LogP) is 0.234. The molecule has 6 heteroatoms. The second-order valence-electron chi connectivity index (χ2n) is 3.49. The minimum absolute atomic E-state index is 0.0435. The van der Waals surface area contributed by atoms with E-state index in [-0.39, 0.29) is 13.0 Å². The van der Waals surface area contributed by atoms with Crippen molar-refractivity contribution in [2.24, 2.45) is 0 Å². The molecule has 0 amide bonds. The third-order valence-corrected chi connectivity index (χ3v) is 2.38. The van der Waals surface area contributed by atoms with Crippen molar-refractivity contribution in [3.8, 4) is 0 Å². The summed E-state index contributed by atoms with van der Waals surface area (Å²) in [6.45, 7) is 1.57. The van der Waals surface area contributed by atoms with E-state index in [1.807, 2.05) is 0 Å². The lowest BCUT2D eigenvalue weighted by molar-refractivity contribution is 0.568. The van der Waals surface area contributed by atoms with Crippen molar-refractivity contribution in [3.05, 3.63) is 40.2 Å². The Kier molecular flexibility index (Phi) is 2.56. The molecule has 1 aromatic carbocycles. The first kappa shape index (κ1) is 10.5. The molecule has 0 saturated carbocycles. The molecule has 0 atom stereocenters. The van der Waals surface area contributed by atoms with Gasteiger partial charge in [-0.25, -0.2) is 9.37 Å². The number of carbonyl (C=O) groups excluding carboxylic acids is 1. The van der Waals surface area contributed by atoms with Crippen molar-refractivity contribution >= 4 is 24.5 Å². The first-order valence-corrected chi connectivity index (χ1v) is 4.72. The van der Waals surface area contributed by atoms with Crippen molar-refractivity contribution < 1.29 is 9.18 Å². The summed E-state index contributed by atoms with van der Waals surface area (Å²) >= 11 is 0. The van der Waals surface area contributed by atoms with E-state index < -0.39 is 5.82 Å². The molecule has 0 saturated heterocycles. The summed E-state index contributed by atoms with van der Waals surface area (Å²) in [6, 6.07) is 2.67. The van der Waals surface area contributed by atoms with E-state index in [4.69, 9.17) is 0 Å². The molecule has 0 aliphatic carbocycles. The molecule has 0 radical (unpaired) electrons. The molecule has 1 aromatic heterocycles. The number of hydrogen-bond acceptors (Lipinski definition) is 3. The predicted molar refractivity (Wildman–Crippen MR) is 60.0 cm³/mol. The average Bonchev–Trinajstić information content (AvgIpc) is 2.26. The summed E-state index contributed by atoms with van der Waals surface area (Å²) in [6.07, 6.45) is 1.86. The number of aromatic nitrogens is 2. The zero-order chi connectivity index (χ0) is 11.7. The van der Waals surface area contributed by atoms with E-state index in [9.17, 15) is 14.0 Å². The molecular weight excluding hydrogens is 210 g/mol. The van der Waals surface area contributed by atoms with Gasteiger partial charge in [-0.05, 0) is 18.6 Å². The van der Waals surface area contributed by atoms with Gasteiger partial charge in [0, 0.05) is 6.07 Å². The largest absolute Gasteiger partial charge is 0.340 e. The number of hydrogen-bond donors (Lipinski definition) is 0. The molecule has 0 bridgehead atoms. The SMILES string of the molecule is Cc1cc2c(=O)n(BC=O)cnc2cc1F. The number of halogens is 1. The van der Waals surface area contributed by atoms with E-state index in [1.54, 1.807) is 6.92 Å². The highest BCUT2D eigenvalue weighted by atomic mass is 19.1. The lowest BCUT2D eigenvalue weighted by Gasteiger charge is -2.03. The Morgan fingerprint density at radius 1 is 1.50 bits per heavy atom. The van der Waals surface area contributed by atoms with Crippen LogP contribution in [0.3, 0.4) is 0 Å². The molecule has 4 nitrogen and oxygen atoms in total. The standard InChI is InChI=1S/C10H8BFN2O2/c1-6-2-7-9(3-8(6)12)13-5-14(10(7)16)11-4-15/h2-5,11H,1H3. The summed E-state index contributed by atoms with van der Waals surface area (Å²) in [5, 5.41) is 0.322. The van der Waals surface area contributed by atoms with Crippen LogP contribution in [0.15, 0.2) is 23.3 Å². The van der Waals surface area contributed by atoms with Crippen LogP contribution in [0.2, 0.25) is 0 Å². The van der Waals surface area contributed by atoms with Crippen LogP contribution in [0.5, 0.6) is 0 Å². The molecule has 0 aliphatic rings. The zero-order valence-corrected chi connectivity index (χ0v) is 8.61. The monoisotopic (exact) mass is 218 g/mol. The van der Waals surface area contributed by atoms with Crippen LogP contribution in [0, 0.1) is 12.7 Å². The number of rotatable bonds is 2. The highest BCUT2D eigenvalue weighted by molar-refractivity contribution is 6.65. The normalized spacial score (nSPS) is 10.4. The Bertz CT molecular complexity index is 624. The van der Waals surface area contributed by atoms with E-state index in [1.165, 1.54) is 22.9 Å². The quantitative estimate of drug-likeness (QED) is 0.535. The van der Waals surface area contributed by atoms with Gasteiger partial charge >= 0.3 is 7.41 Å². The van der Waals surface area contributed by atoms with Gasteiger partial charge < -0.3 is 9.27 Å². The molecule has 16 heavy (non-hydrogen) atoms. The summed E-state index contributed by atoms with van der Waals surface area (Å²) < 4.78 is 14.4. The van der Waals surface area contributed by atoms with Gasteiger partial charge in [0.2, 0.25) is 5.56 Å². The van der Waals surface area contributed by atoms with E-state index in [0.717, 1.165) is 0 Å². The van der Waals surface area contributed by atoms with Gasteiger partial charge in [-0.2, -0.15) is 0 Å². The zero-order valence-electron chi connectivity index (χ0n) is 8.61. The summed E-state index contributed by atoms with van der Waals surface area (Å²) in [5.41, 5.74) is 0.353. The summed E-state index contributed by atoms with van der Waals surface area (Å²) in [5.74, 6) is -0.396. The maximum Gasteiger partial charge on any atom is 0.320 e. The third-order valence-electron chi connectivity index (χ3n) is 2.38. The molecule has 0 N–H and O–H groups in total. The van der Waals surface area contributed by atoms with Crippen LogP contribution >= 0.6 is 0 Å². The maximum atomic E-state index is 13.2. The third kappa shape index (κ3) is 1.62. The highest BCUT2D eigenvalue weighted by Gasteiger charge is 2.07. The van der Waals surface area contributed by atoms with Crippen LogP contribution in [0.25, 0.3) is 10.9 Å². The molecular formula is C10H8BFN2O2. The van der Waals surface area contributed by atoms with Crippen LogP contribution < -0.4 is 5.56 Å². The fraction of sp³-hybridized carbons (Fsp3) is 0.100. The Hall–Kier alpha value is -1.98. The van der Waals surface area contributed by atoms with Gasteiger partial charge in [0.1, 0.15) is 12.0 Å². The molecule has 2 rings (SSSR count). The second kappa shape index (κ2) is 3.88. The molecule has 0 unspecified atom stereocenters. The Morgan fingerprint density at radius 3 is 2.94 bits per heavy atom. The van der Waals surface area contributed by atoms with Gasteiger partial charge in [-0.15, -0.1) is 0 Å². The fourth-order valence-corrected chi connectivity index (χ4v) is 1.50. The Labute approximate surface area is 91.0 Å². The molecule has 1 heterocycles. The molecule has 0 fully saturated rings. The van der Waals surface area contributed by atoms with E-state index in [0.29, 0.717) is 22.7 Å². The number of fused-ring (bicyclic) bond motifs is 1. The van der Waals surface area contributed by atoms with E-state index >= 15 is 0 Å². The first-order chi connectivity index (χ1) is 7.63. The van der Waals surface area contributed by atoms with Gasteiger partial charge in [0.25, 0.3) is 0 Å². The minimum atomic E-state index is -0.396. The van der Waals surface area contributed by atoms with Crippen LogP contribution in [0.1, 0.15) is 5.56 Å². The highest BCUT2D eigenvalue weighted by Crippen LogP contribution is 2.13. The van der Waals surface area contributed by atoms with Crippen molar-refractivity contribution in [2.75, 3.05) is 0 Å². The number of benzene rings is 1. The lowest BCUT2D eigenvalue weighted by atomic mass is 9.98. The second-order valence-corrected chi connectivity index (χ2v) is 3.49. The van der Waals surface area contributed by atoms with E-state index in [2.05, 4.69) is 4.98 Å². The van der Waals surface area contributed by atoms with Crippen molar-refractivity contribution in [3.63, 3.8) is 0 Å². The average molecular weight is 218 g/mol. The Balaban J connectivity index is 2.79. The molecule has 0 spiro atoms. The Morgan fingerprint density at radius 2 is 2.25 bits per heavy atom. The van der Waals surface area contributed by atoms with Crippen LogP contribution in [-0.4, -0.2) is 23.1 Å². The summed E-state index contributed by atoms with van der Waals surface area (Å²) in [4.78, 5) is 26.1. The van der Waals surface area contributed by atoms with Crippen molar-refractivity contribution in [2.45, 2.75) is 6.92 Å². The number of aryl methyl sites for hydroxylation is 1. The number of carbonyl (C=O) groups is 1. The van der Waals surface area contributed by atoms with Gasteiger partial charge in [-0.3, -0.25) is 4.79 Å². The molecule has 0 aliphatic heterocycles. The van der Waals surface area contributed by atoms with Crippen molar-refractivity contribution in [1.82, 2.24) is 9.46 Å². The maximum absolute atomic E-state index is 13.2. The van der Waals surface area contributed by atoms with Crippen LogP contribution in [0.4, 0.5) is 4.39 Å². The van der Waals surface area contributed by atoms with Gasteiger partial charge in [0.05, 0.1) is 17.2 Å². The van der Waals surface area contributed by atoms with Gasteiger partial charge in [0.15, 0.2) is 0 Å². The lowest BCUT2D eigenvalue weighted by Crippen LogP contribution is -2.25.